The molecule has 0 aliphatic heterocycles. The van der Waals surface area contributed by atoms with Gasteiger partial charge in [0, 0.05) is 6.04 Å². The van der Waals surface area contributed by atoms with Crippen molar-refractivity contribution in [1.82, 2.24) is 4.98 Å². The second-order valence-electron chi connectivity index (χ2n) is 3.61. The fourth-order valence-electron chi connectivity index (χ4n) is 1.69. The fraction of sp³-hybridized carbons (Fsp3) is 0.273. The minimum absolute atomic E-state index is 0.360. The molecule has 0 spiro atoms. The van der Waals surface area contributed by atoms with Crippen LogP contribution >= 0.6 is 0 Å². The first-order valence-corrected chi connectivity index (χ1v) is 7.11. The highest BCUT2D eigenvalue weighted by Gasteiger charge is 2.16. The van der Waals surface area contributed by atoms with Crippen LogP contribution in [0.4, 0.5) is 0 Å². The number of hydrogen-bond acceptors (Lipinski definition) is 1. The number of fused-ring (bicyclic) bond motifs is 1. The lowest BCUT2D eigenvalue weighted by Gasteiger charge is -2.14. The van der Waals surface area contributed by atoms with Crippen LogP contribution in [0.2, 0.25) is 13.1 Å². The van der Waals surface area contributed by atoms with Gasteiger partial charge in [-0.25, -0.2) is 0 Å². The van der Waals surface area contributed by atoms with E-state index < -0.39 is 0 Å². The zero-order chi connectivity index (χ0) is 9.26. The zero-order valence-corrected chi connectivity index (χ0v) is 9.04. The van der Waals surface area contributed by atoms with E-state index >= 15 is 0 Å². The Morgan fingerprint density at radius 2 is 2.00 bits per heavy atom. The molecule has 13 heavy (non-hydrogen) atoms. The average Bonchev–Trinajstić information content (AvgIpc) is 2.48. The van der Waals surface area contributed by atoms with Gasteiger partial charge in [-0.1, -0.05) is 49.5 Å². The Hall–Kier alpha value is -0.863. The lowest BCUT2D eigenvalue weighted by atomic mass is 10.1. The molecule has 1 radical (unpaired) electrons. The van der Waals surface area contributed by atoms with Gasteiger partial charge in [0.1, 0.15) is 8.96 Å². The standard InChI is InChI=1S/C11H14NSi/c1-13(2)12-11-8-7-9-5-3-4-6-10(9)11/h3-8,11-12H,1-2H3. The average molecular weight is 188 g/mol. The van der Waals surface area contributed by atoms with Crippen molar-refractivity contribution in [2.45, 2.75) is 19.1 Å². The molecule has 1 aliphatic carbocycles. The maximum atomic E-state index is 3.61. The van der Waals surface area contributed by atoms with Crippen LogP contribution < -0.4 is 4.98 Å². The minimum Gasteiger partial charge on any atom is -0.329 e. The van der Waals surface area contributed by atoms with Crippen molar-refractivity contribution in [2.75, 3.05) is 0 Å². The maximum Gasteiger partial charge on any atom is 0.127 e. The van der Waals surface area contributed by atoms with E-state index in [1.807, 2.05) is 0 Å². The second kappa shape index (κ2) is 3.48. The summed E-state index contributed by atoms with van der Waals surface area (Å²) in [5.41, 5.74) is 2.79. The highest BCUT2D eigenvalue weighted by atomic mass is 28.3. The first-order valence-electron chi connectivity index (χ1n) is 4.61. The quantitative estimate of drug-likeness (QED) is 0.703. The van der Waals surface area contributed by atoms with Crippen LogP contribution in [-0.4, -0.2) is 8.96 Å². The first kappa shape index (κ1) is 8.72. The molecule has 0 aromatic heterocycles. The summed E-state index contributed by atoms with van der Waals surface area (Å²) in [6.45, 7) is 4.55. The van der Waals surface area contributed by atoms with E-state index in [0.29, 0.717) is 6.04 Å². The molecular formula is C11H14NSi. The van der Waals surface area contributed by atoms with Crippen LogP contribution in [0.1, 0.15) is 17.2 Å². The summed E-state index contributed by atoms with van der Waals surface area (Å²) in [6, 6.07) is 9.04. The van der Waals surface area contributed by atoms with Crippen molar-refractivity contribution in [1.29, 1.82) is 0 Å². The van der Waals surface area contributed by atoms with Crippen LogP contribution in [-0.2, 0) is 0 Å². The summed E-state index contributed by atoms with van der Waals surface area (Å²) in [7, 11) is -0.360. The Kier molecular flexibility index (Phi) is 2.33. The highest BCUT2D eigenvalue weighted by molar-refractivity contribution is 6.52. The molecule has 0 heterocycles. The van der Waals surface area contributed by atoms with Crippen molar-refractivity contribution >= 4 is 15.0 Å². The summed E-state index contributed by atoms with van der Waals surface area (Å²) < 4.78 is 0. The molecule has 67 valence electrons. The van der Waals surface area contributed by atoms with Crippen molar-refractivity contribution in [2.24, 2.45) is 0 Å². The summed E-state index contributed by atoms with van der Waals surface area (Å²) >= 11 is 0. The molecule has 0 saturated heterocycles. The van der Waals surface area contributed by atoms with Crippen molar-refractivity contribution in [3.63, 3.8) is 0 Å². The van der Waals surface area contributed by atoms with E-state index in [-0.39, 0.29) is 8.96 Å². The summed E-state index contributed by atoms with van der Waals surface area (Å²) in [6.07, 6.45) is 4.46. The van der Waals surface area contributed by atoms with E-state index in [0.717, 1.165) is 0 Å². The molecule has 1 aliphatic rings. The van der Waals surface area contributed by atoms with Gasteiger partial charge in [-0.15, -0.1) is 0 Å². The Morgan fingerprint density at radius 3 is 2.77 bits per heavy atom. The largest absolute Gasteiger partial charge is 0.329 e. The topological polar surface area (TPSA) is 12.0 Å². The highest BCUT2D eigenvalue weighted by Crippen LogP contribution is 2.27. The van der Waals surface area contributed by atoms with Crippen molar-refractivity contribution in [3.8, 4) is 0 Å². The van der Waals surface area contributed by atoms with Gasteiger partial charge in [-0.2, -0.15) is 0 Å². The smallest absolute Gasteiger partial charge is 0.127 e. The SMILES string of the molecule is C[Si](C)NC1C=Cc2ccccc21. The van der Waals surface area contributed by atoms with Gasteiger partial charge in [0.2, 0.25) is 0 Å². The Bertz CT molecular complexity index is 331. The molecule has 2 rings (SSSR count). The minimum atomic E-state index is -0.360. The molecule has 2 heteroatoms. The number of benzene rings is 1. The molecule has 1 unspecified atom stereocenters. The van der Waals surface area contributed by atoms with Crippen LogP contribution in [0, 0.1) is 0 Å². The van der Waals surface area contributed by atoms with Crippen LogP contribution in [0.15, 0.2) is 30.3 Å². The lowest BCUT2D eigenvalue weighted by Crippen LogP contribution is -2.29. The molecule has 0 amide bonds. The van der Waals surface area contributed by atoms with Gasteiger partial charge >= 0.3 is 0 Å². The molecular weight excluding hydrogens is 174 g/mol. The monoisotopic (exact) mass is 188 g/mol. The normalized spacial score (nSPS) is 19.5. The molecule has 1 nitrogen and oxygen atoms in total. The van der Waals surface area contributed by atoms with E-state index in [9.17, 15) is 0 Å². The molecule has 1 aromatic carbocycles. The van der Waals surface area contributed by atoms with Gasteiger partial charge in [-0.05, 0) is 11.1 Å². The van der Waals surface area contributed by atoms with E-state index in [4.69, 9.17) is 0 Å². The molecule has 1 N–H and O–H groups in total. The van der Waals surface area contributed by atoms with Gasteiger partial charge in [-0.3, -0.25) is 0 Å². The number of rotatable bonds is 2. The van der Waals surface area contributed by atoms with Crippen molar-refractivity contribution < 1.29 is 0 Å². The van der Waals surface area contributed by atoms with Crippen LogP contribution in [0.3, 0.4) is 0 Å². The Balaban J connectivity index is 2.23. The molecule has 0 bridgehead atoms. The molecule has 1 aromatic rings. The van der Waals surface area contributed by atoms with Gasteiger partial charge in [0.25, 0.3) is 0 Å². The van der Waals surface area contributed by atoms with Gasteiger partial charge < -0.3 is 4.98 Å². The third-order valence-corrected chi connectivity index (χ3v) is 3.13. The molecule has 1 atom stereocenters. The molecule has 0 fully saturated rings. The summed E-state index contributed by atoms with van der Waals surface area (Å²) in [4.78, 5) is 3.61. The summed E-state index contributed by atoms with van der Waals surface area (Å²) in [5, 5.41) is 0. The fourth-order valence-corrected chi connectivity index (χ4v) is 2.56. The third-order valence-electron chi connectivity index (χ3n) is 2.24. The van der Waals surface area contributed by atoms with E-state index in [1.54, 1.807) is 0 Å². The second-order valence-corrected chi connectivity index (χ2v) is 5.90. The summed E-state index contributed by atoms with van der Waals surface area (Å²) in [5.74, 6) is 0. The Labute approximate surface area is 81.2 Å². The number of hydrogen-bond donors (Lipinski definition) is 1. The van der Waals surface area contributed by atoms with Gasteiger partial charge in [0.05, 0.1) is 0 Å². The zero-order valence-electron chi connectivity index (χ0n) is 8.04. The predicted octanol–water partition coefficient (Wildman–Crippen LogP) is 2.60. The van der Waals surface area contributed by atoms with Gasteiger partial charge in [0.15, 0.2) is 0 Å². The first-order chi connectivity index (χ1) is 6.27. The molecule has 0 saturated carbocycles. The van der Waals surface area contributed by atoms with Crippen molar-refractivity contribution in [3.05, 3.63) is 41.5 Å². The lowest BCUT2D eigenvalue weighted by molar-refractivity contribution is 0.820. The van der Waals surface area contributed by atoms with E-state index in [2.05, 4.69) is 54.5 Å². The van der Waals surface area contributed by atoms with E-state index in [1.165, 1.54) is 11.1 Å². The predicted molar refractivity (Wildman–Crippen MR) is 58.8 cm³/mol. The third kappa shape index (κ3) is 1.74. The van der Waals surface area contributed by atoms with Crippen LogP contribution in [0.25, 0.3) is 6.08 Å². The number of nitrogens with one attached hydrogen (secondary N) is 1. The Morgan fingerprint density at radius 1 is 1.23 bits per heavy atom. The maximum absolute atomic E-state index is 3.61. The van der Waals surface area contributed by atoms with Crippen LogP contribution in [0.5, 0.6) is 0 Å².